The molecule has 8 nitrogen and oxygen atoms in total. The molecule has 0 unspecified atom stereocenters. The predicted octanol–water partition coefficient (Wildman–Crippen LogP) is 4.77. The molecular weight excluding hydrogens is 420 g/mol. The molecule has 0 atom stereocenters. The molecule has 1 aliphatic rings. The van der Waals surface area contributed by atoms with Crippen molar-refractivity contribution in [1.82, 2.24) is 15.0 Å². The first-order valence-electron chi connectivity index (χ1n) is 10.0. The van der Waals surface area contributed by atoms with E-state index in [1.807, 2.05) is 0 Å². The molecule has 1 saturated carbocycles. The zero-order chi connectivity index (χ0) is 22.4. The number of methoxy groups -OCH3 is 1. The molecule has 0 spiro atoms. The number of oxazole rings is 1. The highest BCUT2D eigenvalue weighted by Gasteiger charge is 2.30. The fourth-order valence-electron chi connectivity index (χ4n) is 3.59. The highest BCUT2D eigenvalue weighted by molar-refractivity contribution is 6.05. The number of amides is 1. The number of carbonyl (C=O) groups excluding carboxylic acids is 1. The van der Waals surface area contributed by atoms with Crippen LogP contribution in [0.4, 0.5) is 20.4 Å². The summed E-state index contributed by atoms with van der Waals surface area (Å²) in [5, 5.41) is 6.02. The highest BCUT2D eigenvalue weighted by atomic mass is 19.3. The van der Waals surface area contributed by atoms with Crippen LogP contribution in [0.3, 0.4) is 0 Å². The number of pyridine rings is 2. The van der Waals surface area contributed by atoms with Crippen molar-refractivity contribution in [3.8, 4) is 17.2 Å². The van der Waals surface area contributed by atoms with Gasteiger partial charge in [0, 0.05) is 30.6 Å². The number of aromatic nitrogens is 3. The fourth-order valence-corrected chi connectivity index (χ4v) is 3.59. The molecule has 2 N–H and O–H groups in total. The zero-order valence-corrected chi connectivity index (χ0v) is 17.3. The quantitative estimate of drug-likeness (QED) is 0.446. The van der Waals surface area contributed by atoms with E-state index in [4.69, 9.17) is 9.15 Å². The number of anilines is 2. The summed E-state index contributed by atoms with van der Waals surface area (Å²) < 4.78 is 39.1. The lowest BCUT2D eigenvalue weighted by molar-refractivity contribution is -0.117. The summed E-state index contributed by atoms with van der Waals surface area (Å²) in [6.45, 7) is 0. The smallest absolute Gasteiger partial charge is 0.281 e. The van der Waals surface area contributed by atoms with Crippen LogP contribution in [0.5, 0.6) is 5.75 Å². The molecule has 3 heterocycles. The number of hydrogen-bond donors (Lipinski definition) is 2. The summed E-state index contributed by atoms with van der Waals surface area (Å²) in [5.41, 5.74) is 0.984. The minimum Gasteiger partial charge on any atom is -0.497 e. The predicted molar refractivity (Wildman–Crippen MR) is 115 cm³/mol. The lowest BCUT2D eigenvalue weighted by atomic mass is 10.1. The number of nitrogens with one attached hydrogen (secondary N) is 2. The maximum atomic E-state index is 14.0. The van der Waals surface area contributed by atoms with Crippen molar-refractivity contribution in [2.24, 2.45) is 5.92 Å². The third kappa shape index (κ3) is 3.47. The first-order valence-corrected chi connectivity index (χ1v) is 10.0. The number of hydrogen-bond acceptors (Lipinski definition) is 7. The normalized spacial score (nSPS) is 13.7. The van der Waals surface area contributed by atoms with E-state index in [-0.39, 0.29) is 34.7 Å². The van der Waals surface area contributed by atoms with E-state index < -0.39 is 12.1 Å². The van der Waals surface area contributed by atoms with E-state index in [0.29, 0.717) is 27.8 Å². The topological polar surface area (TPSA) is 102 Å². The van der Waals surface area contributed by atoms with Gasteiger partial charge in [0.25, 0.3) is 6.43 Å². The van der Waals surface area contributed by atoms with Crippen LogP contribution in [-0.4, -0.2) is 35.0 Å². The number of alkyl halides is 2. The van der Waals surface area contributed by atoms with Crippen LogP contribution in [0.2, 0.25) is 0 Å². The van der Waals surface area contributed by atoms with Gasteiger partial charge in [-0.25, -0.2) is 23.7 Å². The van der Waals surface area contributed by atoms with Crippen LogP contribution in [0, 0.1) is 5.92 Å². The van der Waals surface area contributed by atoms with E-state index >= 15 is 0 Å². The van der Waals surface area contributed by atoms with Crippen LogP contribution < -0.4 is 15.4 Å². The van der Waals surface area contributed by atoms with Crippen LogP contribution in [-0.2, 0) is 4.79 Å². The summed E-state index contributed by atoms with van der Waals surface area (Å²) >= 11 is 0. The Kier molecular flexibility index (Phi) is 4.84. The second kappa shape index (κ2) is 7.70. The van der Waals surface area contributed by atoms with Gasteiger partial charge in [-0.3, -0.25) is 4.79 Å². The van der Waals surface area contributed by atoms with Gasteiger partial charge in [-0.2, -0.15) is 0 Å². The Hall–Kier alpha value is -3.82. The Morgan fingerprint density at radius 3 is 2.75 bits per heavy atom. The Balaban J connectivity index is 1.73. The minimum absolute atomic E-state index is 0.0528. The van der Waals surface area contributed by atoms with E-state index in [1.165, 1.54) is 6.20 Å². The maximum absolute atomic E-state index is 14.0. The Morgan fingerprint density at radius 1 is 1.25 bits per heavy atom. The number of halogens is 2. The molecule has 0 bridgehead atoms. The van der Waals surface area contributed by atoms with Crippen LogP contribution in [0.15, 0.2) is 34.9 Å². The molecule has 0 aliphatic heterocycles. The van der Waals surface area contributed by atoms with E-state index in [9.17, 15) is 13.6 Å². The van der Waals surface area contributed by atoms with Gasteiger partial charge in [0.1, 0.15) is 28.6 Å². The lowest BCUT2D eigenvalue weighted by Crippen LogP contribution is -2.15. The molecule has 4 aromatic rings. The summed E-state index contributed by atoms with van der Waals surface area (Å²) in [4.78, 5) is 25.1. The Bertz CT molecular complexity index is 1350. The number of ether oxygens (including phenoxy) is 1. The number of fused-ring (bicyclic) bond motifs is 2. The van der Waals surface area contributed by atoms with Gasteiger partial charge in [-0.15, -0.1) is 0 Å². The average Bonchev–Trinajstić information content (AvgIpc) is 3.56. The zero-order valence-electron chi connectivity index (χ0n) is 17.3. The van der Waals surface area contributed by atoms with Gasteiger partial charge in [-0.05, 0) is 31.0 Å². The molecular formula is C22H19F2N5O3. The van der Waals surface area contributed by atoms with Crippen molar-refractivity contribution in [3.05, 3.63) is 36.2 Å². The van der Waals surface area contributed by atoms with Crippen molar-refractivity contribution >= 4 is 39.4 Å². The van der Waals surface area contributed by atoms with Crippen molar-refractivity contribution in [2.75, 3.05) is 24.8 Å². The largest absolute Gasteiger partial charge is 0.497 e. The van der Waals surface area contributed by atoms with Crippen molar-refractivity contribution in [1.29, 1.82) is 0 Å². The van der Waals surface area contributed by atoms with Crippen LogP contribution in [0.25, 0.3) is 33.3 Å². The van der Waals surface area contributed by atoms with Crippen molar-refractivity contribution in [3.63, 3.8) is 0 Å². The van der Waals surface area contributed by atoms with Gasteiger partial charge < -0.3 is 19.8 Å². The molecule has 164 valence electrons. The Labute approximate surface area is 181 Å². The molecule has 32 heavy (non-hydrogen) atoms. The lowest BCUT2D eigenvalue weighted by Gasteiger charge is -2.14. The maximum Gasteiger partial charge on any atom is 0.281 e. The number of rotatable bonds is 6. The van der Waals surface area contributed by atoms with Crippen LogP contribution in [0.1, 0.15) is 25.0 Å². The summed E-state index contributed by atoms with van der Waals surface area (Å²) in [6.07, 6.45) is 0.184. The molecule has 10 heteroatoms. The van der Waals surface area contributed by atoms with E-state index in [1.54, 1.807) is 38.4 Å². The van der Waals surface area contributed by atoms with Gasteiger partial charge >= 0.3 is 0 Å². The second-order valence-electron chi connectivity index (χ2n) is 7.50. The molecule has 1 aliphatic carbocycles. The minimum atomic E-state index is -2.88. The SMILES string of the molecule is CNc1ncc(-c2nc3cc(OC)ccc3o2)c2cc(NC(=O)C3CC3)nc(C(F)F)c12. The molecule has 1 fully saturated rings. The highest BCUT2D eigenvalue weighted by Crippen LogP contribution is 2.39. The second-order valence-corrected chi connectivity index (χ2v) is 7.50. The fraction of sp³-hybridized carbons (Fsp3) is 0.273. The summed E-state index contributed by atoms with van der Waals surface area (Å²) in [6, 6.07) is 6.72. The third-order valence-electron chi connectivity index (χ3n) is 5.37. The molecule has 3 aromatic heterocycles. The van der Waals surface area contributed by atoms with E-state index in [0.717, 1.165) is 12.8 Å². The van der Waals surface area contributed by atoms with Crippen LogP contribution >= 0.6 is 0 Å². The molecule has 1 aromatic carbocycles. The van der Waals surface area contributed by atoms with E-state index in [2.05, 4.69) is 25.6 Å². The van der Waals surface area contributed by atoms with Gasteiger partial charge in [0.05, 0.1) is 18.1 Å². The number of nitrogens with zero attached hydrogens (tertiary/aromatic N) is 3. The number of carbonyl (C=O) groups is 1. The van der Waals surface area contributed by atoms with Gasteiger partial charge in [-0.1, -0.05) is 0 Å². The molecule has 5 rings (SSSR count). The number of benzene rings is 1. The monoisotopic (exact) mass is 439 g/mol. The summed E-state index contributed by atoms with van der Waals surface area (Å²) in [7, 11) is 3.14. The molecule has 0 saturated heterocycles. The third-order valence-corrected chi connectivity index (χ3v) is 5.37. The average molecular weight is 439 g/mol. The first-order chi connectivity index (χ1) is 15.5. The van der Waals surface area contributed by atoms with Gasteiger partial charge in [0.2, 0.25) is 11.8 Å². The van der Waals surface area contributed by atoms with Gasteiger partial charge in [0.15, 0.2) is 5.58 Å². The Morgan fingerprint density at radius 2 is 2.06 bits per heavy atom. The standard InChI is InChI=1S/C22H19F2N5O3/c1-25-20-17-12(8-16(28-18(17)19(23)24)29-21(30)10-3-4-10)13(9-26-20)22-27-14-7-11(31-2)5-6-15(14)32-22/h5-10,19H,3-4H2,1-2H3,(H,25,26)(H,28,29,30). The summed E-state index contributed by atoms with van der Waals surface area (Å²) in [5.74, 6) is 0.788. The van der Waals surface area contributed by atoms with Crippen molar-refractivity contribution < 1.29 is 22.7 Å². The first kappa shape index (κ1) is 20.1. The molecule has 0 radical (unpaired) electrons. The molecule has 1 amide bonds. The van der Waals surface area contributed by atoms with Crippen molar-refractivity contribution in [2.45, 2.75) is 19.3 Å².